The van der Waals surface area contributed by atoms with Gasteiger partial charge in [-0.05, 0) is 53.6 Å². The van der Waals surface area contributed by atoms with Crippen molar-refractivity contribution in [2.24, 2.45) is 0 Å². The van der Waals surface area contributed by atoms with E-state index in [1.165, 1.54) is 24.3 Å². The number of anilines is 1. The molecule has 3 aromatic rings. The molecule has 4 heteroatoms. The Morgan fingerprint density at radius 1 is 1.04 bits per heavy atom. The van der Waals surface area contributed by atoms with Gasteiger partial charge in [0, 0.05) is 5.69 Å². The van der Waals surface area contributed by atoms with Crippen molar-refractivity contribution < 1.29 is 13.9 Å². The highest BCUT2D eigenvalue weighted by Gasteiger charge is 2.18. The largest absolute Gasteiger partial charge is 0.481 e. The van der Waals surface area contributed by atoms with E-state index in [-0.39, 0.29) is 11.7 Å². The molecule has 3 nitrogen and oxygen atoms in total. The van der Waals surface area contributed by atoms with Crippen LogP contribution in [0, 0.1) is 5.82 Å². The van der Waals surface area contributed by atoms with E-state index in [9.17, 15) is 9.18 Å². The van der Waals surface area contributed by atoms with Gasteiger partial charge in [0.15, 0.2) is 6.10 Å². The number of amides is 1. The number of carbonyl (C=O) groups excluding carboxylic acids is 1. The van der Waals surface area contributed by atoms with E-state index in [2.05, 4.69) is 5.32 Å². The van der Waals surface area contributed by atoms with Crippen LogP contribution in [-0.2, 0) is 4.79 Å². The fourth-order valence-electron chi connectivity index (χ4n) is 2.48. The molecule has 0 unspecified atom stereocenters. The summed E-state index contributed by atoms with van der Waals surface area (Å²) in [5.74, 6) is 0.0551. The number of hydrogen-bond donors (Lipinski definition) is 1. The summed E-state index contributed by atoms with van der Waals surface area (Å²) in [5, 5.41) is 4.93. The number of benzene rings is 3. The first-order chi connectivity index (χ1) is 11.7. The smallest absolute Gasteiger partial charge is 0.265 e. The van der Waals surface area contributed by atoms with Crippen LogP contribution >= 0.6 is 0 Å². The average molecular weight is 323 g/mol. The second kappa shape index (κ2) is 7.13. The van der Waals surface area contributed by atoms with E-state index in [1.807, 2.05) is 49.4 Å². The van der Waals surface area contributed by atoms with Crippen molar-refractivity contribution in [1.29, 1.82) is 0 Å². The molecule has 1 atom stereocenters. The summed E-state index contributed by atoms with van der Waals surface area (Å²) in [7, 11) is 0. The Morgan fingerprint density at radius 2 is 1.75 bits per heavy atom. The lowest BCUT2D eigenvalue weighted by atomic mass is 10.1. The lowest BCUT2D eigenvalue weighted by molar-refractivity contribution is -0.122. The summed E-state index contributed by atoms with van der Waals surface area (Å²) in [6.07, 6.45) is -0.0870. The SMILES string of the molecule is CC[C@H](Oc1ccc2ccccc2c1)C(=O)Nc1ccc(F)cc1. The molecule has 1 N–H and O–H groups in total. The van der Waals surface area contributed by atoms with Crippen molar-refractivity contribution in [3.05, 3.63) is 72.5 Å². The molecular formula is C20H18FNO2. The quantitative estimate of drug-likeness (QED) is 0.734. The van der Waals surface area contributed by atoms with Gasteiger partial charge in [0.1, 0.15) is 11.6 Å². The van der Waals surface area contributed by atoms with Gasteiger partial charge in [-0.1, -0.05) is 37.3 Å². The Kier molecular flexibility index (Phi) is 4.75. The molecule has 0 aliphatic heterocycles. The van der Waals surface area contributed by atoms with E-state index in [0.717, 1.165) is 10.8 Å². The van der Waals surface area contributed by atoms with Crippen molar-refractivity contribution in [2.75, 3.05) is 5.32 Å². The molecule has 0 heterocycles. The lowest BCUT2D eigenvalue weighted by Gasteiger charge is -2.17. The average Bonchev–Trinajstić information content (AvgIpc) is 2.61. The molecule has 0 fully saturated rings. The van der Waals surface area contributed by atoms with Gasteiger partial charge in [-0.2, -0.15) is 0 Å². The summed E-state index contributed by atoms with van der Waals surface area (Å²) in [6.45, 7) is 1.88. The van der Waals surface area contributed by atoms with Crippen LogP contribution in [0.3, 0.4) is 0 Å². The number of fused-ring (bicyclic) bond motifs is 1. The second-order valence-corrected chi connectivity index (χ2v) is 5.52. The highest BCUT2D eigenvalue weighted by Crippen LogP contribution is 2.22. The highest BCUT2D eigenvalue weighted by molar-refractivity contribution is 5.94. The number of nitrogens with one attached hydrogen (secondary N) is 1. The first-order valence-corrected chi connectivity index (χ1v) is 7.87. The van der Waals surface area contributed by atoms with Crippen molar-refractivity contribution >= 4 is 22.4 Å². The predicted octanol–water partition coefficient (Wildman–Crippen LogP) is 4.78. The maximum absolute atomic E-state index is 12.9. The zero-order chi connectivity index (χ0) is 16.9. The Hall–Kier alpha value is -2.88. The molecule has 24 heavy (non-hydrogen) atoms. The molecule has 0 aliphatic carbocycles. The third kappa shape index (κ3) is 3.71. The van der Waals surface area contributed by atoms with Crippen molar-refractivity contribution in [2.45, 2.75) is 19.4 Å². The minimum atomic E-state index is -0.615. The Labute approximate surface area is 140 Å². The second-order valence-electron chi connectivity index (χ2n) is 5.52. The molecule has 0 saturated heterocycles. The van der Waals surface area contributed by atoms with Gasteiger partial charge in [-0.25, -0.2) is 4.39 Å². The van der Waals surface area contributed by atoms with Gasteiger partial charge in [0.2, 0.25) is 0 Å². The monoisotopic (exact) mass is 323 g/mol. The van der Waals surface area contributed by atoms with Crippen LogP contribution in [0.2, 0.25) is 0 Å². The van der Waals surface area contributed by atoms with Crippen molar-refractivity contribution in [3.8, 4) is 5.75 Å². The van der Waals surface area contributed by atoms with E-state index in [0.29, 0.717) is 17.9 Å². The minimum absolute atomic E-state index is 0.253. The molecule has 0 bridgehead atoms. The van der Waals surface area contributed by atoms with Crippen LogP contribution in [0.1, 0.15) is 13.3 Å². The first-order valence-electron chi connectivity index (χ1n) is 7.87. The van der Waals surface area contributed by atoms with Crippen LogP contribution in [0.25, 0.3) is 10.8 Å². The van der Waals surface area contributed by atoms with Crippen molar-refractivity contribution in [3.63, 3.8) is 0 Å². The third-order valence-electron chi connectivity index (χ3n) is 3.77. The lowest BCUT2D eigenvalue weighted by Crippen LogP contribution is -2.32. The minimum Gasteiger partial charge on any atom is -0.481 e. The van der Waals surface area contributed by atoms with Crippen LogP contribution in [-0.4, -0.2) is 12.0 Å². The summed E-state index contributed by atoms with van der Waals surface area (Å²) in [6, 6.07) is 19.4. The standard InChI is InChI=1S/C20H18FNO2/c1-2-19(20(23)22-17-10-8-16(21)9-11-17)24-18-12-7-14-5-3-4-6-15(14)13-18/h3-13,19H,2H2,1H3,(H,22,23)/t19-/m0/s1. The summed E-state index contributed by atoms with van der Waals surface area (Å²) >= 11 is 0. The maximum Gasteiger partial charge on any atom is 0.265 e. The molecule has 0 spiro atoms. The zero-order valence-corrected chi connectivity index (χ0v) is 13.3. The molecular weight excluding hydrogens is 305 g/mol. The fourth-order valence-corrected chi connectivity index (χ4v) is 2.48. The maximum atomic E-state index is 12.9. The van der Waals surface area contributed by atoms with Gasteiger partial charge in [-0.15, -0.1) is 0 Å². The summed E-state index contributed by atoms with van der Waals surface area (Å²) < 4.78 is 18.8. The topological polar surface area (TPSA) is 38.3 Å². The highest BCUT2D eigenvalue weighted by atomic mass is 19.1. The molecule has 0 aromatic heterocycles. The fraction of sp³-hybridized carbons (Fsp3) is 0.150. The Balaban J connectivity index is 1.72. The number of carbonyl (C=O) groups is 1. The van der Waals surface area contributed by atoms with Gasteiger partial charge in [0.25, 0.3) is 5.91 Å². The molecule has 0 radical (unpaired) electrons. The number of hydrogen-bond acceptors (Lipinski definition) is 2. The van der Waals surface area contributed by atoms with Crippen LogP contribution < -0.4 is 10.1 Å². The van der Waals surface area contributed by atoms with Crippen LogP contribution in [0.15, 0.2) is 66.7 Å². The Bertz CT molecular complexity index is 846. The van der Waals surface area contributed by atoms with E-state index in [1.54, 1.807) is 0 Å². The first kappa shape index (κ1) is 16.0. The number of ether oxygens (including phenoxy) is 1. The number of halogens is 1. The molecule has 3 rings (SSSR count). The van der Waals surface area contributed by atoms with Crippen molar-refractivity contribution in [1.82, 2.24) is 0 Å². The molecule has 122 valence electrons. The van der Waals surface area contributed by atoms with Gasteiger partial charge >= 0.3 is 0 Å². The molecule has 0 saturated carbocycles. The Morgan fingerprint density at radius 3 is 2.46 bits per heavy atom. The summed E-state index contributed by atoms with van der Waals surface area (Å²) in [5.41, 5.74) is 0.543. The van der Waals surface area contributed by atoms with E-state index in [4.69, 9.17) is 4.74 Å². The van der Waals surface area contributed by atoms with E-state index >= 15 is 0 Å². The molecule has 0 aliphatic rings. The zero-order valence-electron chi connectivity index (χ0n) is 13.3. The van der Waals surface area contributed by atoms with Crippen LogP contribution in [0.5, 0.6) is 5.75 Å². The molecule has 1 amide bonds. The molecule has 3 aromatic carbocycles. The van der Waals surface area contributed by atoms with E-state index < -0.39 is 6.10 Å². The summed E-state index contributed by atoms with van der Waals surface area (Å²) in [4.78, 5) is 12.4. The predicted molar refractivity (Wildman–Crippen MR) is 93.7 cm³/mol. The third-order valence-corrected chi connectivity index (χ3v) is 3.77. The van der Waals surface area contributed by atoms with Gasteiger partial charge in [0.05, 0.1) is 0 Å². The van der Waals surface area contributed by atoms with Gasteiger partial charge < -0.3 is 10.1 Å². The van der Waals surface area contributed by atoms with Crippen LogP contribution in [0.4, 0.5) is 10.1 Å². The van der Waals surface area contributed by atoms with Gasteiger partial charge in [-0.3, -0.25) is 4.79 Å². The normalized spacial score (nSPS) is 11.9. The number of rotatable bonds is 5.